The van der Waals surface area contributed by atoms with Gasteiger partial charge in [-0.3, -0.25) is 4.98 Å². The first-order chi connectivity index (χ1) is 9.76. The summed E-state index contributed by atoms with van der Waals surface area (Å²) < 4.78 is 5.71. The van der Waals surface area contributed by atoms with E-state index in [0.29, 0.717) is 0 Å². The van der Waals surface area contributed by atoms with Gasteiger partial charge in [-0.25, -0.2) is 0 Å². The van der Waals surface area contributed by atoms with Crippen molar-refractivity contribution in [3.63, 3.8) is 0 Å². The highest BCUT2D eigenvalue weighted by molar-refractivity contribution is 5.38. The molecule has 0 saturated heterocycles. The van der Waals surface area contributed by atoms with Crippen LogP contribution in [0.15, 0.2) is 42.7 Å². The average molecular weight is 270 g/mol. The van der Waals surface area contributed by atoms with Gasteiger partial charge in [0.05, 0.1) is 12.6 Å². The highest BCUT2D eigenvalue weighted by atomic mass is 16.5. The van der Waals surface area contributed by atoms with Crippen molar-refractivity contribution >= 4 is 0 Å². The molecule has 0 aliphatic heterocycles. The van der Waals surface area contributed by atoms with Crippen LogP contribution in [0, 0.1) is 6.92 Å². The standard InChI is InChI=1S/C17H22N2O/c1-4-10-20-15-7-5-6-14(11-15)17(18-3)16-12-19-9-8-13(16)2/h5-9,11-12,17-18H,4,10H2,1-3H3. The summed E-state index contributed by atoms with van der Waals surface area (Å²) >= 11 is 0. The first kappa shape index (κ1) is 14.5. The van der Waals surface area contributed by atoms with Crippen LogP contribution in [0.3, 0.4) is 0 Å². The Morgan fingerprint density at radius 1 is 1.30 bits per heavy atom. The molecule has 0 spiro atoms. The van der Waals surface area contributed by atoms with Gasteiger partial charge in [-0.1, -0.05) is 19.1 Å². The molecular formula is C17H22N2O. The summed E-state index contributed by atoms with van der Waals surface area (Å²) in [5, 5.41) is 3.36. The van der Waals surface area contributed by atoms with Crippen LogP contribution < -0.4 is 10.1 Å². The van der Waals surface area contributed by atoms with Crippen LogP contribution in [0.2, 0.25) is 0 Å². The Balaban J connectivity index is 2.30. The molecule has 2 rings (SSSR count). The Labute approximate surface area is 121 Å². The van der Waals surface area contributed by atoms with Crippen LogP contribution in [0.25, 0.3) is 0 Å². The zero-order valence-corrected chi connectivity index (χ0v) is 12.4. The zero-order chi connectivity index (χ0) is 14.4. The summed E-state index contributed by atoms with van der Waals surface area (Å²) in [4.78, 5) is 4.24. The molecule has 2 aromatic rings. The number of aromatic nitrogens is 1. The van der Waals surface area contributed by atoms with Crippen molar-refractivity contribution in [1.82, 2.24) is 10.3 Å². The Hall–Kier alpha value is -1.87. The second kappa shape index (κ2) is 7.06. The van der Waals surface area contributed by atoms with E-state index in [1.807, 2.05) is 37.6 Å². The number of rotatable bonds is 6. The largest absolute Gasteiger partial charge is 0.494 e. The van der Waals surface area contributed by atoms with Gasteiger partial charge in [-0.15, -0.1) is 0 Å². The summed E-state index contributed by atoms with van der Waals surface area (Å²) in [7, 11) is 1.97. The maximum Gasteiger partial charge on any atom is 0.119 e. The van der Waals surface area contributed by atoms with Gasteiger partial charge < -0.3 is 10.1 Å². The van der Waals surface area contributed by atoms with E-state index in [4.69, 9.17) is 4.74 Å². The number of hydrogen-bond donors (Lipinski definition) is 1. The lowest BCUT2D eigenvalue weighted by molar-refractivity contribution is 0.317. The molecule has 1 unspecified atom stereocenters. The molecule has 1 aromatic heterocycles. The molecule has 3 nitrogen and oxygen atoms in total. The summed E-state index contributed by atoms with van der Waals surface area (Å²) in [5.41, 5.74) is 3.62. The molecule has 0 amide bonds. The molecule has 3 heteroatoms. The van der Waals surface area contributed by atoms with E-state index in [2.05, 4.69) is 36.3 Å². The molecule has 1 N–H and O–H groups in total. The third kappa shape index (κ3) is 3.36. The predicted molar refractivity (Wildman–Crippen MR) is 82.1 cm³/mol. The topological polar surface area (TPSA) is 34.1 Å². The van der Waals surface area contributed by atoms with Crippen LogP contribution >= 0.6 is 0 Å². The van der Waals surface area contributed by atoms with Gasteiger partial charge >= 0.3 is 0 Å². The van der Waals surface area contributed by atoms with Crippen LogP contribution in [0.4, 0.5) is 0 Å². The first-order valence-corrected chi connectivity index (χ1v) is 7.06. The minimum atomic E-state index is 0.133. The van der Waals surface area contributed by atoms with Crippen molar-refractivity contribution < 1.29 is 4.74 Å². The number of ether oxygens (including phenoxy) is 1. The fraction of sp³-hybridized carbons (Fsp3) is 0.353. The van der Waals surface area contributed by atoms with Gasteiger partial charge in [-0.05, 0) is 55.3 Å². The van der Waals surface area contributed by atoms with E-state index in [0.717, 1.165) is 18.8 Å². The Morgan fingerprint density at radius 2 is 2.15 bits per heavy atom. The normalized spacial score (nSPS) is 12.2. The molecule has 1 aromatic carbocycles. The highest BCUT2D eigenvalue weighted by Gasteiger charge is 2.14. The fourth-order valence-corrected chi connectivity index (χ4v) is 2.28. The fourth-order valence-electron chi connectivity index (χ4n) is 2.28. The first-order valence-electron chi connectivity index (χ1n) is 7.06. The summed E-state index contributed by atoms with van der Waals surface area (Å²) in [6.45, 7) is 4.97. The minimum absolute atomic E-state index is 0.133. The quantitative estimate of drug-likeness (QED) is 0.872. The Morgan fingerprint density at radius 3 is 2.85 bits per heavy atom. The molecule has 1 heterocycles. The second-order valence-corrected chi connectivity index (χ2v) is 4.87. The summed E-state index contributed by atoms with van der Waals surface area (Å²) in [5.74, 6) is 0.922. The minimum Gasteiger partial charge on any atom is -0.494 e. The third-order valence-corrected chi connectivity index (χ3v) is 3.34. The summed E-state index contributed by atoms with van der Waals surface area (Å²) in [6.07, 6.45) is 4.77. The van der Waals surface area contributed by atoms with Crippen molar-refractivity contribution in [3.05, 3.63) is 59.4 Å². The Bertz CT molecular complexity index is 554. The van der Waals surface area contributed by atoms with Gasteiger partial charge in [0, 0.05) is 12.4 Å². The summed E-state index contributed by atoms with van der Waals surface area (Å²) in [6, 6.07) is 10.4. The molecule has 0 radical (unpaired) electrons. The number of nitrogens with one attached hydrogen (secondary N) is 1. The zero-order valence-electron chi connectivity index (χ0n) is 12.4. The molecule has 0 bridgehead atoms. The number of hydrogen-bond acceptors (Lipinski definition) is 3. The molecule has 0 saturated carbocycles. The third-order valence-electron chi connectivity index (χ3n) is 3.34. The maximum atomic E-state index is 5.71. The SMILES string of the molecule is CCCOc1cccc(C(NC)c2cnccc2C)c1. The molecule has 106 valence electrons. The second-order valence-electron chi connectivity index (χ2n) is 4.87. The van der Waals surface area contributed by atoms with E-state index in [1.54, 1.807) is 0 Å². The van der Waals surface area contributed by atoms with Crippen molar-refractivity contribution in [2.75, 3.05) is 13.7 Å². The molecule has 20 heavy (non-hydrogen) atoms. The molecular weight excluding hydrogens is 248 g/mol. The Kier molecular flexibility index (Phi) is 5.13. The average Bonchev–Trinajstić information content (AvgIpc) is 2.48. The van der Waals surface area contributed by atoms with Crippen LogP contribution in [-0.4, -0.2) is 18.6 Å². The predicted octanol–water partition coefficient (Wildman–Crippen LogP) is 3.49. The van der Waals surface area contributed by atoms with Gasteiger partial charge in [0.2, 0.25) is 0 Å². The van der Waals surface area contributed by atoms with Gasteiger partial charge in [0.15, 0.2) is 0 Å². The van der Waals surface area contributed by atoms with E-state index in [1.165, 1.54) is 16.7 Å². The molecule has 1 atom stereocenters. The van der Waals surface area contributed by atoms with E-state index in [9.17, 15) is 0 Å². The van der Waals surface area contributed by atoms with E-state index >= 15 is 0 Å². The number of pyridine rings is 1. The molecule has 0 aliphatic rings. The van der Waals surface area contributed by atoms with E-state index in [-0.39, 0.29) is 6.04 Å². The molecule has 0 fully saturated rings. The van der Waals surface area contributed by atoms with Crippen molar-refractivity contribution in [2.24, 2.45) is 0 Å². The van der Waals surface area contributed by atoms with Gasteiger partial charge in [0.25, 0.3) is 0 Å². The lowest BCUT2D eigenvalue weighted by atomic mass is 9.97. The van der Waals surface area contributed by atoms with Crippen LogP contribution in [0.5, 0.6) is 5.75 Å². The maximum absolute atomic E-state index is 5.71. The van der Waals surface area contributed by atoms with Crippen LogP contribution in [0.1, 0.15) is 36.1 Å². The lowest BCUT2D eigenvalue weighted by Crippen LogP contribution is -2.19. The van der Waals surface area contributed by atoms with Crippen molar-refractivity contribution in [1.29, 1.82) is 0 Å². The monoisotopic (exact) mass is 270 g/mol. The van der Waals surface area contributed by atoms with Crippen molar-refractivity contribution in [2.45, 2.75) is 26.3 Å². The van der Waals surface area contributed by atoms with Crippen LogP contribution in [-0.2, 0) is 0 Å². The van der Waals surface area contributed by atoms with Crippen molar-refractivity contribution in [3.8, 4) is 5.75 Å². The number of benzene rings is 1. The number of nitrogens with zero attached hydrogens (tertiary/aromatic N) is 1. The lowest BCUT2D eigenvalue weighted by Gasteiger charge is -2.19. The van der Waals surface area contributed by atoms with E-state index < -0.39 is 0 Å². The highest BCUT2D eigenvalue weighted by Crippen LogP contribution is 2.26. The number of aryl methyl sites for hydroxylation is 1. The smallest absolute Gasteiger partial charge is 0.119 e. The molecule has 0 aliphatic carbocycles. The van der Waals surface area contributed by atoms with Gasteiger partial charge in [-0.2, -0.15) is 0 Å². The van der Waals surface area contributed by atoms with Gasteiger partial charge in [0.1, 0.15) is 5.75 Å².